The number of amides is 2. The Balaban J connectivity index is 1.83. The Morgan fingerprint density at radius 2 is 1.63 bits per heavy atom. The fourth-order valence-corrected chi connectivity index (χ4v) is 4.07. The van der Waals surface area contributed by atoms with E-state index >= 15 is 0 Å². The molecule has 1 saturated heterocycles. The first-order valence-electron chi connectivity index (χ1n) is 9.35. The van der Waals surface area contributed by atoms with Crippen LogP contribution in [0.25, 0.3) is 11.1 Å². The molecule has 0 aliphatic carbocycles. The van der Waals surface area contributed by atoms with E-state index in [4.69, 9.17) is 39.5 Å². The third-order valence-corrected chi connectivity index (χ3v) is 5.93. The molecule has 5 nitrogen and oxygen atoms in total. The molecule has 0 N–H and O–H groups in total. The summed E-state index contributed by atoms with van der Waals surface area (Å²) in [7, 11) is 1.53. The highest BCUT2D eigenvalue weighted by atomic mass is 35.5. The van der Waals surface area contributed by atoms with E-state index in [-0.39, 0.29) is 18.2 Å². The molecular weight excluding hydrogens is 447 g/mol. The Hall–Kier alpha value is -2.21. The van der Waals surface area contributed by atoms with Crippen molar-refractivity contribution in [3.05, 3.63) is 63.6 Å². The van der Waals surface area contributed by atoms with Gasteiger partial charge in [-0.25, -0.2) is 0 Å². The van der Waals surface area contributed by atoms with Crippen LogP contribution in [0, 0.1) is 0 Å². The van der Waals surface area contributed by atoms with Crippen LogP contribution in [0.3, 0.4) is 0 Å². The predicted octanol–water partition coefficient (Wildman–Crippen LogP) is 4.72. The lowest BCUT2D eigenvalue weighted by Crippen LogP contribution is -2.50. The van der Waals surface area contributed by atoms with E-state index in [1.165, 1.54) is 13.2 Å². The van der Waals surface area contributed by atoms with Crippen LogP contribution in [-0.2, 0) is 16.0 Å². The number of nitrogens with zero attached hydrogens (tertiary/aromatic N) is 2. The molecule has 2 aromatic rings. The highest BCUT2D eigenvalue weighted by Gasteiger charge is 2.24. The summed E-state index contributed by atoms with van der Waals surface area (Å²) in [5, 5.41) is 1.49. The number of carbonyl (C=O) groups excluding carboxylic acids is 2. The lowest BCUT2D eigenvalue weighted by atomic mass is 10.00. The highest BCUT2D eigenvalue weighted by molar-refractivity contribution is 6.37. The molecule has 0 radical (unpaired) electrons. The Kier molecular flexibility index (Phi) is 7.29. The van der Waals surface area contributed by atoms with Crippen LogP contribution >= 0.6 is 34.8 Å². The van der Waals surface area contributed by atoms with Gasteiger partial charge in [0.2, 0.25) is 11.8 Å². The molecule has 0 bridgehead atoms. The van der Waals surface area contributed by atoms with Crippen molar-refractivity contribution >= 4 is 46.6 Å². The molecule has 0 aromatic heterocycles. The summed E-state index contributed by atoms with van der Waals surface area (Å²) in [5.41, 5.74) is 2.05. The third kappa shape index (κ3) is 4.91. The lowest BCUT2D eigenvalue weighted by Gasteiger charge is -2.34. The normalized spacial score (nSPS) is 13.9. The lowest BCUT2D eigenvalue weighted by molar-refractivity contribution is -0.136. The second-order valence-corrected chi connectivity index (χ2v) is 8.11. The molecule has 0 atom stereocenters. The SMILES string of the molecule is C=CC(=O)N1CCN(C(=O)Cc2cc(-c3cc(Cl)ccc3Cl)c(Cl)cc2OC)CC1. The Morgan fingerprint density at radius 1 is 1.00 bits per heavy atom. The summed E-state index contributed by atoms with van der Waals surface area (Å²) < 4.78 is 5.44. The fourth-order valence-electron chi connectivity index (χ4n) is 3.42. The van der Waals surface area contributed by atoms with E-state index in [9.17, 15) is 9.59 Å². The summed E-state index contributed by atoms with van der Waals surface area (Å²) in [5.74, 6) is 0.352. The zero-order valence-electron chi connectivity index (χ0n) is 16.5. The second kappa shape index (κ2) is 9.73. The molecule has 1 aliphatic heterocycles. The van der Waals surface area contributed by atoms with Crippen molar-refractivity contribution in [2.75, 3.05) is 33.3 Å². The van der Waals surface area contributed by atoms with Gasteiger partial charge in [0.25, 0.3) is 0 Å². The number of ether oxygens (including phenoxy) is 1. The minimum Gasteiger partial charge on any atom is -0.496 e. The van der Waals surface area contributed by atoms with E-state index in [1.54, 1.807) is 34.1 Å². The van der Waals surface area contributed by atoms with Crippen molar-refractivity contribution in [2.24, 2.45) is 0 Å². The van der Waals surface area contributed by atoms with Gasteiger partial charge in [0, 0.05) is 52.9 Å². The summed E-state index contributed by atoms with van der Waals surface area (Å²) >= 11 is 18.9. The Labute approximate surface area is 190 Å². The zero-order chi connectivity index (χ0) is 21.8. The maximum absolute atomic E-state index is 12.9. The smallest absolute Gasteiger partial charge is 0.246 e. The number of halogens is 3. The molecule has 1 fully saturated rings. The number of carbonyl (C=O) groups is 2. The van der Waals surface area contributed by atoms with E-state index < -0.39 is 0 Å². The summed E-state index contributed by atoms with van der Waals surface area (Å²) in [6, 6.07) is 8.63. The molecule has 1 aliphatic rings. The van der Waals surface area contributed by atoms with Crippen LogP contribution in [0.15, 0.2) is 43.0 Å². The molecule has 30 heavy (non-hydrogen) atoms. The highest BCUT2D eigenvalue weighted by Crippen LogP contribution is 2.39. The standard InChI is InChI=1S/C22H21Cl3N2O3/c1-3-21(28)26-6-8-27(9-7-26)22(29)11-14-10-16(19(25)13-20(14)30-2)17-12-15(23)4-5-18(17)24/h3-5,10,12-13H,1,6-9,11H2,2H3. The van der Waals surface area contributed by atoms with E-state index in [0.717, 1.165) is 0 Å². The quantitative estimate of drug-likeness (QED) is 0.598. The van der Waals surface area contributed by atoms with Crippen LogP contribution < -0.4 is 4.74 Å². The average molecular weight is 468 g/mol. The monoisotopic (exact) mass is 466 g/mol. The maximum atomic E-state index is 12.9. The first-order chi connectivity index (χ1) is 14.3. The number of hydrogen-bond donors (Lipinski definition) is 0. The molecule has 3 rings (SSSR count). The number of benzene rings is 2. The van der Waals surface area contributed by atoms with Gasteiger partial charge in [0.15, 0.2) is 0 Å². The van der Waals surface area contributed by atoms with Crippen molar-refractivity contribution in [2.45, 2.75) is 6.42 Å². The zero-order valence-corrected chi connectivity index (χ0v) is 18.7. The average Bonchev–Trinajstić information content (AvgIpc) is 2.75. The molecule has 0 saturated carbocycles. The molecule has 2 amide bonds. The molecular formula is C22H21Cl3N2O3. The molecule has 8 heteroatoms. The first kappa shape index (κ1) is 22.5. The molecule has 2 aromatic carbocycles. The van der Waals surface area contributed by atoms with Crippen LogP contribution in [-0.4, -0.2) is 54.9 Å². The van der Waals surface area contributed by atoms with Gasteiger partial charge < -0.3 is 14.5 Å². The van der Waals surface area contributed by atoms with Crippen LogP contribution in [0.5, 0.6) is 5.75 Å². The largest absolute Gasteiger partial charge is 0.496 e. The van der Waals surface area contributed by atoms with Crippen molar-refractivity contribution < 1.29 is 14.3 Å². The number of hydrogen-bond acceptors (Lipinski definition) is 3. The Morgan fingerprint density at radius 3 is 2.27 bits per heavy atom. The fraction of sp³-hybridized carbons (Fsp3) is 0.273. The first-order valence-corrected chi connectivity index (χ1v) is 10.5. The maximum Gasteiger partial charge on any atom is 0.246 e. The van der Waals surface area contributed by atoms with Crippen molar-refractivity contribution in [1.82, 2.24) is 9.80 Å². The van der Waals surface area contributed by atoms with Gasteiger partial charge in [0.05, 0.1) is 18.6 Å². The minimum atomic E-state index is -0.121. The Bertz CT molecular complexity index is 986. The summed E-state index contributed by atoms with van der Waals surface area (Å²) in [6.07, 6.45) is 1.43. The van der Waals surface area contributed by atoms with Gasteiger partial charge in [-0.3, -0.25) is 9.59 Å². The van der Waals surface area contributed by atoms with Gasteiger partial charge in [-0.15, -0.1) is 0 Å². The molecule has 158 valence electrons. The number of piperazine rings is 1. The van der Waals surface area contributed by atoms with Crippen LogP contribution in [0.4, 0.5) is 0 Å². The van der Waals surface area contributed by atoms with Crippen molar-refractivity contribution in [1.29, 1.82) is 0 Å². The molecule has 1 heterocycles. The van der Waals surface area contributed by atoms with Gasteiger partial charge in [0.1, 0.15) is 5.75 Å². The minimum absolute atomic E-state index is 0.0514. The van der Waals surface area contributed by atoms with Gasteiger partial charge in [-0.1, -0.05) is 41.4 Å². The molecule has 0 unspecified atom stereocenters. The van der Waals surface area contributed by atoms with Gasteiger partial charge in [-0.2, -0.15) is 0 Å². The summed E-state index contributed by atoms with van der Waals surface area (Å²) in [4.78, 5) is 28.1. The van der Waals surface area contributed by atoms with E-state index in [0.29, 0.717) is 63.7 Å². The van der Waals surface area contributed by atoms with Crippen LogP contribution in [0.2, 0.25) is 15.1 Å². The van der Waals surface area contributed by atoms with Crippen LogP contribution in [0.1, 0.15) is 5.56 Å². The van der Waals surface area contributed by atoms with Gasteiger partial charge >= 0.3 is 0 Å². The third-order valence-electron chi connectivity index (χ3n) is 5.05. The number of rotatable bonds is 5. The van der Waals surface area contributed by atoms with E-state index in [2.05, 4.69) is 6.58 Å². The summed E-state index contributed by atoms with van der Waals surface area (Å²) in [6.45, 7) is 5.42. The molecule has 0 spiro atoms. The second-order valence-electron chi connectivity index (χ2n) is 6.86. The van der Waals surface area contributed by atoms with Crippen molar-refractivity contribution in [3.8, 4) is 16.9 Å². The topological polar surface area (TPSA) is 49.9 Å². The van der Waals surface area contributed by atoms with Crippen molar-refractivity contribution in [3.63, 3.8) is 0 Å². The number of methoxy groups -OCH3 is 1. The van der Waals surface area contributed by atoms with Gasteiger partial charge in [-0.05, 0) is 36.4 Å². The predicted molar refractivity (Wildman–Crippen MR) is 121 cm³/mol. The van der Waals surface area contributed by atoms with E-state index in [1.807, 2.05) is 6.07 Å².